The van der Waals surface area contributed by atoms with E-state index in [-0.39, 0.29) is 0 Å². The number of ether oxygens (including phenoxy) is 1. The molecule has 0 aromatic heterocycles. The lowest BCUT2D eigenvalue weighted by atomic mass is 10.2. The van der Waals surface area contributed by atoms with Crippen molar-refractivity contribution in [1.29, 1.82) is 5.26 Å². The lowest BCUT2D eigenvalue weighted by Gasteiger charge is -2.18. The molecule has 0 bridgehead atoms. The first-order valence-electron chi connectivity index (χ1n) is 8.48. The minimum atomic E-state index is -3.43. The number of hydrogen-bond acceptors (Lipinski definition) is 5. The van der Waals surface area contributed by atoms with Crippen LogP contribution in [-0.2, 0) is 10.0 Å². The number of nitriles is 1. The predicted octanol–water partition coefficient (Wildman–Crippen LogP) is 3.08. The maximum Gasteiger partial charge on any atom is 0.243 e. The largest absolute Gasteiger partial charge is 0.492 e. The Kier molecular flexibility index (Phi) is 7.01. The summed E-state index contributed by atoms with van der Waals surface area (Å²) in [5.74, 6) is 0.700. The van der Waals surface area contributed by atoms with Crippen LogP contribution in [0.2, 0.25) is 0 Å². The number of benzene rings is 2. The first kappa shape index (κ1) is 19.8. The fourth-order valence-electron chi connectivity index (χ4n) is 2.45. The second kappa shape index (κ2) is 9.22. The van der Waals surface area contributed by atoms with Crippen molar-refractivity contribution in [2.24, 2.45) is 0 Å². The highest BCUT2D eigenvalue weighted by Gasteiger charge is 2.20. The molecule has 7 heteroatoms. The highest BCUT2D eigenvalue weighted by Crippen LogP contribution is 2.18. The topological polar surface area (TPSA) is 82.4 Å². The lowest BCUT2D eigenvalue weighted by Crippen LogP contribution is -2.30. The first-order chi connectivity index (χ1) is 12.5. The van der Waals surface area contributed by atoms with Crippen molar-refractivity contribution in [3.05, 3.63) is 54.1 Å². The Morgan fingerprint density at radius 3 is 2.19 bits per heavy atom. The van der Waals surface area contributed by atoms with Crippen LogP contribution in [0, 0.1) is 11.3 Å². The molecule has 0 heterocycles. The first-order valence-corrected chi connectivity index (χ1v) is 9.92. The van der Waals surface area contributed by atoms with Crippen LogP contribution in [0.5, 0.6) is 5.75 Å². The lowest BCUT2D eigenvalue weighted by molar-refractivity contribution is 0.333. The van der Waals surface area contributed by atoms with Crippen LogP contribution in [0.25, 0.3) is 0 Å². The quantitative estimate of drug-likeness (QED) is 0.683. The Hall–Kier alpha value is -2.56. The molecule has 1 N–H and O–H groups in total. The summed E-state index contributed by atoms with van der Waals surface area (Å²) in [6.07, 6.45) is 0. The van der Waals surface area contributed by atoms with Gasteiger partial charge in [0, 0.05) is 25.3 Å². The Labute approximate surface area is 155 Å². The molecule has 2 rings (SSSR count). The van der Waals surface area contributed by atoms with Gasteiger partial charge in [-0.1, -0.05) is 13.8 Å². The van der Waals surface area contributed by atoms with Crippen LogP contribution in [0.3, 0.4) is 0 Å². The van der Waals surface area contributed by atoms with Gasteiger partial charge in [0.2, 0.25) is 10.0 Å². The molecule has 6 nitrogen and oxygen atoms in total. The summed E-state index contributed by atoms with van der Waals surface area (Å²) in [4.78, 5) is 0.292. The fourth-order valence-corrected chi connectivity index (χ4v) is 3.91. The maximum absolute atomic E-state index is 12.4. The van der Waals surface area contributed by atoms with E-state index in [1.807, 2.05) is 13.8 Å². The highest BCUT2D eigenvalue weighted by atomic mass is 32.2. The second-order valence-electron chi connectivity index (χ2n) is 5.53. The van der Waals surface area contributed by atoms with Gasteiger partial charge in [0.25, 0.3) is 0 Å². The van der Waals surface area contributed by atoms with Crippen LogP contribution in [0.4, 0.5) is 5.69 Å². The summed E-state index contributed by atoms with van der Waals surface area (Å²) < 4.78 is 31.9. The Bertz CT molecular complexity index is 837. The van der Waals surface area contributed by atoms with E-state index in [1.54, 1.807) is 48.5 Å². The molecule has 26 heavy (non-hydrogen) atoms. The summed E-state index contributed by atoms with van der Waals surface area (Å²) >= 11 is 0. The van der Waals surface area contributed by atoms with E-state index in [0.29, 0.717) is 42.4 Å². The zero-order chi connectivity index (χ0) is 19.0. The van der Waals surface area contributed by atoms with Crippen LogP contribution in [0.1, 0.15) is 19.4 Å². The SMILES string of the molecule is CCN(CC)S(=O)(=O)c1ccc(NCCOc2ccc(C#N)cc2)cc1. The monoisotopic (exact) mass is 373 g/mol. The third-order valence-corrected chi connectivity index (χ3v) is 5.94. The third kappa shape index (κ3) is 4.97. The number of nitrogens with one attached hydrogen (secondary N) is 1. The zero-order valence-electron chi connectivity index (χ0n) is 15.0. The van der Waals surface area contributed by atoms with Crippen molar-refractivity contribution in [3.63, 3.8) is 0 Å². The van der Waals surface area contributed by atoms with Crippen LogP contribution < -0.4 is 10.1 Å². The number of sulfonamides is 1. The molecule has 0 atom stereocenters. The maximum atomic E-state index is 12.4. The van der Waals surface area contributed by atoms with Gasteiger partial charge in [0.1, 0.15) is 12.4 Å². The highest BCUT2D eigenvalue weighted by molar-refractivity contribution is 7.89. The molecule has 0 saturated carbocycles. The molecule has 0 aliphatic rings. The molecule has 138 valence electrons. The van der Waals surface area contributed by atoms with Gasteiger partial charge in [0.05, 0.1) is 16.5 Å². The van der Waals surface area contributed by atoms with Crippen molar-refractivity contribution >= 4 is 15.7 Å². The summed E-state index contributed by atoms with van der Waals surface area (Å²) in [5, 5.41) is 11.9. The van der Waals surface area contributed by atoms with E-state index in [9.17, 15) is 8.42 Å². The summed E-state index contributed by atoms with van der Waals surface area (Å²) in [6, 6.07) is 15.7. The third-order valence-electron chi connectivity index (χ3n) is 3.88. The molecule has 0 spiro atoms. The van der Waals surface area contributed by atoms with E-state index in [1.165, 1.54) is 4.31 Å². The molecule has 0 unspecified atom stereocenters. The van der Waals surface area contributed by atoms with Gasteiger partial charge < -0.3 is 10.1 Å². The van der Waals surface area contributed by atoms with E-state index in [2.05, 4.69) is 11.4 Å². The average Bonchev–Trinajstić information content (AvgIpc) is 2.67. The molecule has 0 amide bonds. The van der Waals surface area contributed by atoms with Crippen LogP contribution in [-0.4, -0.2) is 39.0 Å². The normalized spacial score (nSPS) is 11.2. The van der Waals surface area contributed by atoms with Crippen molar-refractivity contribution in [2.45, 2.75) is 18.7 Å². The fraction of sp³-hybridized carbons (Fsp3) is 0.316. The number of hydrogen-bond donors (Lipinski definition) is 1. The van der Waals surface area contributed by atoms with Crippen molar-refractivity contribution in [2.75, 3.05) is 31.6 Å². The van der Waals surface area contributed by atoms with Gasteiger partial charge in [-0.25, -0.2) is 8.42 Å². The summed E-state index contributed by atoms with van der Waals surface area (Å²) in [5.41, 5.74) is 1.42. The van der Waals surface area contributed by atoms with Gasteiger partial charge in [0.15, 0.2) is 0 Å². The molecule has 0 radical (unpaired) electrons. The Balaban J connectivity index is 1.86. The van der Waals surface area contributed by atoms with Crippen molar-refractivity contribution in [3.8, 4) is 11.8 Å². The molecule has 2 aromatic carbocycles. The number of anilines is 1. The molecular weight excluding hydrogens is 350 g/mol. The number of rotatable bonds is 9. The number of nitrogens with zero attached hydrogens (tertiary/aromatic N) is 2. The molecule has 0 saturated heterocycles. The summed E-state index contributed by atoms with van der Waals surface area (Å²) in [7, 11) is -3.43. The van der Waals surface area contributed by atoms with Gasteiger partial charge in [-0.3, -0.25) is 0 Å². The molecule has 2 aromatic rings. The van der Waals surface area contributed by atoms with E-state index >= 15 is 0 Å². The van der Waals surface area contributed by atoms with E-state index in [0.717, 1.165) is 5.69 Å². The zero-order valence-corrected chi connectivity index (χ0v) is 15.8. The standard InChI is InChI=1S/C19H23N3O3S/c1-3-22(4-2)26(23,24)19-11-7-17(8-12-19)21-13-14-25-18-9-5-16(15-20)6-10-18/h5-12,21H,3-4,13-14H2,1-2H3. The predicted molar refractivity (Wildman–Crippen MR) is 102 cm³/mol. The van der Waals surface area contributed by atoms with Gasteiger partial charge >= 0.3 is 0 Å². The second-order valence-corrected chi connectivity index (χ2v) is 7.46. The molecule has 0 aliphatic heterocycles. The molecule has 0 fully saturated rings. The molecule has 0 aliphatic carbocycles. The van der Waals surface area contributed by atoms with Gasteiger partial charge in [-0.05, 0) is 48.5 Å². The van der Waals surface area contributed by atoms with Crippen LogP contribution in [0.15, 0.2) is 53.4 Å². The minimum Gasteiger partial charge on any atom is -0.492 e. The minimum absolute atomic E-state index is 0.292. The van der Waals surface area contributed by atoms with E-state index < -0.39 is 10.0 Å². The van der Waals surface area contributed by atoms with Crippen LogP contribution >= 0.6 is 0 Å². The smallest absolute Gasteiger partial charge is 0.243 e. The van der Waals surface area contributed by atoms with Crippen molar-refractivity contribution < 1.29 is 13.2 Å². The van der Waals surface area contributed by atoms with Gasteiger partial charge in [-0.2, -0.15) is 9.57 Å². The van der Waals surface area contributed by atoms with E-state index in [4.69, 9.17) is 10.00 Å². The van der Waals surface area contributed by atoms with Crippen molar-refractivity contribution in [1.82, 2.24) is 4.31 Å². The Morgan fingerprint density at radius 2 is 1.65 bits per heavy atom. The summed E-state index contributed by atoms with van der Waals surface area (Å²) in [6.45, 7) is 5.57. The molecular formula is C19H23N3O3S. The van der Waals surface area contributed by atoms with Gasteiger partial charge in [-0.15, -0.1) is 0 Å². The Morgan fingerprint density at radius 1 is 1.04 bits per heavy atom. The average molecular weight is 373 g/mol.